The Kier molecular flexibility index (Phi) is 9.01. The normalized spacial score (nSPS) is 23.7. The number of nitrogens with zero attached hydrogens (tertiary/aromatic N) is 2. The molecule has 2 fully saturated rings. The van der Waals surface area contributed by atoms with Crippen LogP contribution in [0, 0.1) is 0 Å². The summed E-state index contributed by atoms with van der Waals surface area (Å²) in [5.41, 5.74) is 0.781. The number of β-lactam (4-membered cyclic amide) rings is 1. The van der Waals surface area contributed by atoms with Crippen molar-refractivity contribution >= 4 is 34.2 Å². The standard InChI is InChI=1S/C19H23N3O9S.Na.H/c23-15(6-7-16(24)31-12-13-4-2-1-3-5-13)22(11-9-20-19(26)27)10-8-14-17(22)18(25)21(14)32(28,29)30;;/h1-5,14,17,20H,6-12H2,(H-,26,27,28,29,30);;/q;+1;-1/p+1/t14-,17+,22?;;/m1../s1. The second kappa shape index (κ2) is 10.9. The summed E-state index contributed by atoms with van der Waals surface area (Å²) in [6.45, 7) is -0.118. The van der Waals surface area contributed by atoms with Gasteiger partial charge in [0.05, 0.1) is 25.9 Å². The molecule has 0 radical (unpaired) electrons. The molecule has 33 heavy (non-hydrogen) atoms. The van der Waals surface area contributed by atoms with E-state index < -0.39 is 50.7 Å². The van der Waals surface area contributed by atoms with Crippen LogP contribution in [0.3, 0.4) is 0 Å². The molecule has 3 amide bonds. The van der Waals surface area contributed by atoms with Gasteiger partial charge in [0, 0.05) is 6.42 Å². The Balaban J connectivity index is 0.00000289. The first-order chi connectivity index (χ1) is 15.1. The van der Waals surface area contributed by atoms with Gasteiger partial charge in [0.25, 0.3) is 5.91 Å². The monoisotopic (exact) mass is 494 g/mol. The quantitative estimate of drug-likeness (QED) is 0.107. The maximum absolute atomic E-state index is 13.1. The number of carbonyl (C=O) groups excluding carboxylic acids is 3. The van der Waals surface area contributed by atoms with Gasteiger partial charge >= 0.3 is 57.8 Å². The van der Waals surface area contributed by atoms with Crippen LogP contribution in [-0.4, -0.2) is 82.5 Å². The van der Waals surface area contributed by atoms with E-state index in [1.165, 1.54) is 0 Å². The number of amides is 3. The number of esters is 1. The second-order valence-electron chi connectivity index (χ2n) is 7.67. The van der Waals surface area contributed by atoms with Crippen LogP contribution in [0.4, 0.5) is 4.79 Å². The van der Waals surface area contributed by atoms with Crippen LogP contribution in [0.5, 0.6) is 0 Å². The van der Waals surface area contributed by atoms with Gasteiger partial charge in [-0.1, -0.05) is 30.3 Å². The average molecular weight is 494 g/mol. The molecule has 3 rings (SSSR count). The van der Waals surface area contributed by atoms with Gasteiger partial charge in [0.1, 0.15) is 19.2 Å². The fourth-order valence-corrected chi connectivity index (χ4v) is 5.26. The molecule has 1 aromatic carbocycles. The minimum Gasteiger partial charge on any atom is -1.00 e. The Bertz CT molecular complexity index is 1030. The molecule has 2 heterocycles. The summed E-state index contributed by atoms with van der Waals surface area (Å²) in [5, 5.41) is 11.0. The Morgan fingerprint density at radius 3 is 2.48 bits per heavy atom. The van der Waals surface area contributed by atoms with E-state index in [0.717, 1.165) is 5.56 Å². The molecule has 3 N–H and O–H groups in total. The number of hydrogen-bond donors (Lipinski definition) is 3. The number of carboxylic acid groups (broad SMARTS) is 1. The SMILES string of the molecule is O=C(O)NCC[N+]1(C(=O)CCC(=O)OCc2ccccc2)CC[C@@H]2[C@H]1C(=O)N2S(=O)(=O)O.[H-].[Na+]. The van der Waals surface area contributed by atoms with Crippen molar-refractivity contribution in [3.05, 3.63) is 35.9 Å². The van der Waals surface area contributed by atoms with Gasteiger partial charge in [0.2, 0.25) is 0 Å². The number of fused-ring (bicyclic) bond motifs is 1. The van der Waals surface area contributed by atoms with E-state index in [1.807, 2.05) is 6.07 Å². The van der Waals surface area contributed by atoms with Crippen molar-refractivity contribution < 1.29 is 77.5 Å². The Morgan fingerprint density at radius 2 is 1.88 bits per heavy atom. The topological polar surface area (TPSA) is 167 Å². The molecule has 176 valence electrons. The van der Waals surface area contributed by atoms with Gasteiger partial charge in [-0.2, -0.15) is 8.42 Å². The summed E-state index contributed by atoms with van der Waals surface area (Å²) in [5.74, 6) is -2.03. The molecule has 1 unspecified atom stereocenters. The number of nitrogens with one attached hydrogen (secondary N) is 1. The van der Waals surface area contributed by atoms with E-state index in [0.29, 0.717) is 4.31 Å². The van der Waals surface area contributed by atoms with Crippen molar-refractivity contribution in [1.29, 1.82) is 0 Å². The molecular formula is C19H25N3NaO9S+. The van der Waals surface area contributed by atoms with Crippen molar-refractivity contribution in [3.63, 3.8) is 0 Å². The molecular weight excluding hydrogens is 469 g/mol. The summed E-state index contributed by atoms with van der Waals surface area (Å²) in [4.78, 5) is 48.5. The molecule has 12 nitrogen and oxygen atoms in total. The zero-order valence-electron chi connectivity index (χ0n) is 19.0. The van der Waals surface area contributed by atoms with E-state index >= 15 is 0 Å². The first kappa shape index (κ1) is 27.2. The van der Waals surface area contributed by atoms with Crippen molar-refractivity contribution in [3.8, 4) is 0 Å². The largest absolute Gasteiger partial charge is 1.00 e. The van der Waals surface area contributed by atoms with Crippen LogP contribution in [0.2, 0.25) is 0 Å². The number of quaternary nitrogens is 1. The summed E-state index contributed by atoms with van der Waals surface area (Å²) in [7, 11) is -4.76. The maximum atomic E-state index is 13.1. The molecule has 0 spiro atoms. The van der Waals surface area contributed by atoms with E-state index in [9.17, 15) is 32.1 Å². The fraction of sp³-hybridized carbons (Fsp3) is 0.474. The van der Waals surface area contributed by atoms with E-state index in [-0.39, 0.29) is 76.5 Å². The average Bonchev–Trinajstić information content (AvgIpc) is 3.04. The number of carbonyl (C=O) groups is 4. The van der Waals surface area contributed by atoms with E-state index in [4.69, 9.17) is 9.84 Å². The smallest absolute Gasteiger partial charge is 1.00 e. The summed E-state index contributed by atoms with van der Waals surface area (Å²) < 4.78 is 37.2. The number of benzene rings is 1. The first-order valence-corrected chi connectivity index (χ1v) is 11.3. The van der Waals surface area contributed by atoms with Gasteiger partial charge in [-0.15, -0.1) is 0 Å². The van der Waals surface area contributed by atoms with E-state index in [2.05, 4.69) is 5.32 Å². The Morgan fingerprint density at radius 1 is 1.21 bits per heavy atom. The number of rotatable bonds is 9. The molecule has 3 atom stereocenters. The Hall–Kier alpha value is -2.03. The van der Waals surface area contributed by atoms with Crippen molar-refractivity contribution in [2.75, 3.05) is 19.6 Å². The van der Waals surface area contributed by atoms with Crippen LogP contribution < -0.4 is 34.9 Å². The van der Waals surface area contributed by atoms with Crippen LogP contribution >= 0.6 is 0 Å². The first-order valence-electron chi connectivity index (χ1n) is 9.93. The maximum Gasteiger partial charge on any atom is 1.00 e. The fourth-order valence-electron chi connectivity index (χ4n) is 4.37. The van der Waals surface area contributed by atoms with Gasteiger partial charge < -0.3 is 16.6 Å². The van der Waals surface area contributed by atoms with Crippen LogP contribution in [-0.2, 0) is 36.0 Å². The molecule has 0 aliphatic carbocycles. The summed E-state index contributed by atoms with van der Waals surface area (Å²) >= 11 is 0. The molecule has 0 aromatic heterocycles. The summed E-state index contributed by atoms with van der Waals surface area (Å²) in [6.07, 6.45) is -1.68. The summed E-state index contributed by atoms with van der Waals surface area (Å²) in [6, 6.07) is 7.02. The van der Waals surface area contributed by atoms with Crippen LogP contribution in [0.25, 0.3) is 0 Å². The van der Waals surface area contributed by atoms with Gasteiger partial charge in [-0.05, 0) is 5.56 Å². The third-order valence-corrected chi connectivity index (χ3v) is 6.76. The molecule has 0 saturated carbocycles. The number of hydrogen-bond acceptors (Lipinski definition) is 7. The molecule has 2 aliphatic rings. The minimum absolute atomic E-state index is 0. The molecule has 0 bridgehead atoms. The molecule has 2 saturated heterocycles. The number of likely N-dealkylation sites (tertiary alicyclic amines) is 1. The predicted molar refractivity (Wildman–Crippen MR) is 108 cm³/mol. The van der Waals surface area contributed by atoms with Crippen molar-refractivity contribution in [2.24, 2.45) is 0 Å². The second-order valence-corrected chi connectivity index (χ2v) is 8.96. The zero-order chi connectivity index (χ0) is 23.5. The van der Waals surface area contributed by atoms with Crippen LogP contribution in [0.15, 0.2) is 30.3 Å². The Labute approximate surface area is 214 Å². The van der Waals surface area contributed by atoms with Gasteiger partial charge in [-0.25, -0.2) is 18.4 Å². The molecule has 2 aliphatic heterocycles. The zero-order valence-corrected chi connectivity index (χ0v) is 20.9. The van der Waals surface area contributed by atoms with Gasteiger partial charge in [-0.3, -0.25) is 14.1 Å². The third-order valence-electron chi connectivity index (χ3n) is 5.81. The third kappa shape index (κ3) is 5.91. The van der Waals surface area contributed by atoms with Crippen molar-refractivity contribution in [2.45, 2.75) is 38.0 Å². The van der Waals surface area contributed by atoms with Gasteiger partial charge in [0.15, 0.2) is 6.04 Å². The molecule has 14 heteroatoms. The van der Waals surface area contributed by atoms with Crippen molar-refractivity contribution in [1.82, 2.24) is 9.62 Å². The van der Waals surface area contributed by atoms with Crippen LogP contribution in [0.1, 0.15) is 26.3 Å². The number of ether oxygens (including phenoxy) is 1. The predicted octanol–water partition coefficient (Wildman–Crippen LogP) is -2.98. The molecule has 1 aromatic rings. The minimum atomic E-state index is -4.76. The van der Waals surface area contributed by atoms with E-state index in [1.54, 1.807) is 24.3 Å².